The quantitative estimate of drug-likeness (QED) is 0.826. The summed E-state index contributed by atoms with van der Waals surface area (Å²) in [5, 5.41) is 3.56. The topological polar surface area (TPSA) is 55.1 Å². The van der Waals surface area contributed by atoms with Crippen molar-refractivity contribution in [3.8, 4) is 0 Å². The number of hydrogen-bond donors (Lipinski definition) is 2. The lowest BCUT2D eigenvalue weighted by atomic mass is 9.99. The molecule has 1 atom stereocenters. The summed E-state index contributed by atoms with van der Waals surface area (Å²) < 4.78 is 0. The minimum atomic E-state index is -0.130. The lowest BCUT2D eigenvalue weighted by molar-refractivity contribution is 0.0928. The molecule has 3 nitrogen and oxygen atoms in total. The smallest absolute Gasteiger partial charge is 0.253 e. The molecule has 1 unspecified atom stereocenters. The third-order valence-electron chi connectivity index (χ3n) is 3.73. The Balaban J connectivity index is 2.04. The van der Waals surface area contributed by atoms with Gasteiger partial charge in [-0.25, -0.2) is 0 Å². The molecule has 1 aliphatic rings. The number of benzene rings is 1. The second kappa shape index (κ2) is 5.61. The SMILES string of the molecule is CC(NC(=O)c1cc(Cl)ccc1N)C1CCCC1. The van der Waals surface area contributed by atoms with Crippen LogP contribution >= 0.6 is 11.6 Å². The Labute approximate surface area is 113 Å². The van der Waals surface area contributed by atoms with Crippen LogP contribution in [-0.2, 0) is 0 Å². The molecule has 1 aromatic carbocycles. The molecular weight excluding hydrogens is 248 g/mol. The average molecular weight is 267 g/mol. The number of amides is 1. The van der Waals surface area contributed by atoms with Crippen LogP contribution in [-0.4, -0.2) is 11.9 Å². The van der Waals surface area contributed by atoms with E-state index in [0.717, 1.165) is 0 Å². The van der Waals surface area contributed by atoms with Crippen LogP contribution in [0.25, 0.3) is 0 Å². The van der Waals surface area contributed by atoms with Crippen LogP contribution in [0.1, 0.15) is 43.0 Å². The summed E-state index contributed by atoms with van der Waals surface area (Å²) in [5.41, 5.74) is 6.73. The molecule has 1 amide bonds. The van der Waals surface area contributed by atoms with Crippen LogP contribution in [0, 0.1) is 5.92 Å². The molecule has 0 radical (unpaired) electrons. The Hall–Kier alpha value is -1.22. The molecule has 0 bridgehead atoms. The summed E-state index contributed by atoms with van der Waals surface area (Å²) >= 11 is 5.89. The predicted octanol–water partition coefficient (Wildman–Crippen LogP) is 3.23. The van der Waals surface area contributed by atoms with Crippen molar-refractivity contribution < 1.29 is 4.79 Å². The Kier molecular flexibility index (Phi) is 4.12. The maximum absolute atomic E-state index is 12.1. The van der Waals surface area contributed by atoms with Gasteiger partial charge in [0.15, 0.2) is 0 Å². The van der Waals surface area contributed by atoms with E-state index in [9.17, 15) is 4.79 Å². The Morgan fingerprint density at radius 2 is 2.11 bits per heavy atom. The number of anilines is 1. The summed E-state index contributed by atoms with van der Waals surface area (Å²) in [4.78, 5) is 12.1. The molecule has 4 heteroatoms. The molecule has 0 aliphatic heterocycles. The van der Waals surface area contributed by atoms with Crippen LogP contribution in [0.4, 0.5) is 5.69 Å². The van der Waals surface area contributed by atoms with E-state index in [4.69, 9.17) is 17.3 Å². The van der Waals surface area contributed by atoms with Gasteiger partial charge in [-0.1, -0.05) is 24.4 Å². The molecule has 1 aliphatic carbocycles. The van der Waals surface area contributed by atoms with Crippen molar-refractivity contribution in [1.82, 2.24) is 5.32 Å². The first-order valence-electron chi connectivity index (χ1n) is 6.44. The standard InChI is InChI=1S/C14H19ClN2O/c1-9(10-4-2-3-5-10)17-14(18)12-8-11(15)6-7-13(12)16/h6-10H,2-5,16H2,1H3,(H,17,18). The maximum Gasteiger partial charge on any atom is 0.253 e. The van der Waals surface area contributed by atoms with Gasteiger partial charge in [0.1, 0.15) is 0 Å². The Bertz CT molecular complexity index is 441. The summed E-state index contributed by atoms with van der Waals surface area (Å²) in [6.07, 6.45) is 4.94. The fourth-order valence-corrected chi connectivity index (χ4v) is 2.76. The number of carbonyl (C=O) groups is 1. The first-order chi connectivity index (χ1) is 8.58. The van der Waals surface area contributed by atoms with Crippen molar-refractivity contribution in [3.05, 3.63) is 28.8 Å². The fourth-order valence-electron chi connectivity index (χ4n) is 2.58. The summed E-state index contributed by atoms with van der Waals surface area (Å²) in [6.45, 7) is 2.06. The molecule has 3 N–H and O–H groups in total. The van der Waals surface area contributed by atoms with Gasteiger partial charge in [0.2, 0.25) is 0 Å². The maximum atomic E-state index is 12.1. The van der Waals surface area contributed by atoms with Gasteiger partial charge in [-0.05, 0) is 43.9 Å². The molecule has 0 saturated heterocycles. The molecule has 1 saturated carbocycles. The first-order valence-corrected chi connectivity index (χ1v) is 6.81. The molecule has 1 fully saturated rings. The van der Waals surface area contributed by atoms with Gasteiger partial charge in [-0.2, -0.15) is 0 Å². The van der Waals surface area contributed by atoms with Crippen molar-refractivity contribution in [2.24, 2.45) is 5.92 Å². The molecule has 0 heterocycles. The van der Waals surface area contributed by atoms with Crippen LogP contribution in [0.3, 0.4) is 0 Å². The van der Waals surface area contributed by atoms with Crippen molar-refractivity contribution in [1.29, 1.82) is 0 Å². The molecule has 98 valence electrons. The zero-order valence-corrected chi connectivity index (χ0v) is 11.3. The zero-order chi connectivity index (χ0) is 13.1. The number of nitrogens with two attached hydrogens (primary N) is 1. The largest absolute Gasteiger partial charge is 0.398 e. The molecule has 18 heavy (non-hydrogen) atoms. The van der Waals surface area contributed by atoms with E-state index < -0.39 is 0 Å². The number of nitrogens with one attached hydrogen (secondary N) is 1. The van der Waals surface area contributed by atoms with E-state index in [1.54, 1.807) is 18.2 Å². The minimum absolute atomic E-state index is 0.130. The summed E-state index contributed by atoms with van der Waals surface area (Å²) in [6, 6.07) is 5.16. The second-order valence-corrected chi connectivity index (χ2v) is 5.47. The fraction of sp³-hybridized carbons (Fsp3) is 0.500. The third kappa shape index (κ3) is 2.96. The van der Waals surface area contributed by atoms with Crippen molar-refractivity contribution in [3.63, 3.8) is 0 Å². The number of rotatable bonds is 3. The van der Waals surface area contributed by atoms with Crippen molar-refractivity contribution in [2.75, 3.05) is 5.73 Å². The third-order valence-corrected chi connectivity index (χ3v) is 3.96. The summed E-state index contributed by atoms with van der Waals surface area (Å²) in [7, 11) is 0. The van der Waals surface area contributed by atoms with Gasteiger partial charge in [0, 0.05) is 16.8 Å². The highest BCUT2D eigenvalue weighted by Crippen LogP contribution is 2.28. The van der Waals surface area contributed by atoms with Gasteiger partial charge in [0.05, 0.1) is 5.56 Å². The highest BCUT2D eigenvalue weighted by Gasteiger charge is 2.23. The van der Waals surface area contributed by atoms with Gasteiger partial charge in [-0.3, -0.25) is 4.79 Å². The molecule has 1 aromatic rings. The van der Waals surface area contributed by atoms with Crippen molar-refractivity contribution >= 4 is 23.2 Å². The van der Waals surface area contributed by atoms with Crippen LogP contribution in [0.2, 0.25) is 5.02 Å². The second-order valence-electron chi connectivity index (χ2n) is 5.04. The van der Waals surface area contributed by atoms with Gasteiger partial charge >= 0.3 is 0 Å². The van der Waals surface area contributed by atoms with Crippen LogP contribution in [0.15, 0.2) is 18.2 Å². The van der Waals surface area contributed by atoms with E-state index in [-0.39, 0.29) is 11.9 Å². The minimum Gasteiger partial charge on any atom is -0.398 e. The molecular formula is C14H19ClN2O. The predicted molar refractivity (Wildman–Crippen MR) is 74.8 cm³/mol. The highest BCUT2D eigenvalue weighted by molar-refractivity contribution is 6.31. The first kappa shape index (κ1) is 13.2. The number of hydrogen-bond acceptors (Lipinski definition) is 2. The van der Waals surface area contributed by atoms with E-state index >= 15 is 0 Å². The van der Waals surface area contributed by atoms with Gasteiger partial charge in [0.25, 0.3) is 5.91 Å². The lowest BCUT2D eigenvalue weighted by Gasteiger charge is -2.20. The average Bonchev–Trinajstić information content (AvgIpc) is 2.85. The van der Waals surface area contributed by atoms with E-state index in [2.05, 4.69) is 12.2 Å². The number of halogens is 1. The molecule has 2 rings (SSSR count). The van der Waals surface area contributed by atoms with Gasteiger partial charge < -0.3 is 11.1 Å². The zero-order valence-electron chi connectivity index (χ0n) is 10.6. The van der Waals surface area contributed by atoms with Crippen LogP contribution < -0.4 is 11.1 Å². The highest BCUT2D eigenvalue weighted by atomic mass is 35.5. The normalized spacial score (nSPS) is 17.7. The Morgan fingerprint density at radius 3 is 2.78 bits per heavy atom. The monoisotopic (exact) mass is 266 g/mol. The Morgan fingerprint density at radius 1 is 1.44 bits per heavy atom. The lowest BCUT2D eigenvalue weighted by Crippen LogP contribution is -2.37. The molecule has 0 aromatic heterocycles. The van der Waals surface area contributed by atoms with Crippen molar-refractivity contribution in [2.45, 2.75) is 38.6 Å². The van der Waals surface area contributed by atoms with Gasteiger partial charge in [-0.15, -0.1) is 0 Å². The molecule has 0 spiro atoms. The number of nitrogen functional groups attached to an aromatic ring is 1. The van der Waals surface area contributed by atoms with E-state index in [0.29, 0.717) is 22.2 Å². The summed E-state index contributed by atoms with van der Waals surface area (Å²) in [5.74, 6) is 0.462. The van der Waals surface area contributed by atoms with Crippen LogP contribution in [0.5, 0.6) is 0 Å². The number of carbonyl (C=O) groups excluding carboxylic acids is 1. The van der Waals surface area contributed by atoms with E-state index in [1.165, 1.54) is 25.7 Å². The van der Waals surface area contributed by atoms with E-state index in [1.807, 2.05) is 0 Å².